The zero-order valence-electron chi connectivity index (χ0n) is 12.6. The van der Waals surface area contributed by atoms with Gasteiger partial charge in [-0.2, -0.15) is 0 Å². The number of thioether (sulfide) groups is 1. The molecule has 0 amide bonds. The molecule has 1 N–H and O–H groups in total. The van der Waals surface area contributed by atoms with Crippen molar-refractivity contribution in [3.63, 3.8) is 0 Å². The van der Waals surface area contributed by atoms with Crippen LogP contribution in [0.5, 0.6) is 0 Å². The Kier molecular flexibility index (Phi) is 4.73. The molecule has 0 aliphatic rings. The lowest BCUT2D eigenvalue weighted by Crippen LogP contribution is -1.95. The van der Waals surface area contributed by atoms with E-state index in [1.807, 2.05) is 35.9 Å². The minimum absolute atomic E-state index is 0.0533. The minimum atomic E-state index is -0.267. The zero-order valence-corrected chi connectivity index (χ0v) is 13.4. The van der Waals surface area contributed by atoms with Gasteiger partial charge < -0.3 is 9.67 Å². The van der Waals surface area contributed by atoms with Crippen LogP contribution in [0.25, 0.3) is 11.4 Å². The normalized spacial score (nSPS) is 10.9. The van der Waals surface area contributed by atoms with E-state index in [0.29, 0.717) is 5.82 Å². The lowest BCUT2D eigenvalue weighted by molar-refractivity contribution is 0.282. The summed E-state index contributed by atoms with van der Waals surface area (Å²) in [4.78, 5) is 0. The van der Waals surface area contributed by atoms with Gasteiger partial charge in [-0.1, -0.05) is 36.0 Å². The molecule has 23 heavy (non-hydrogen) atoms. The van der Waals surface area contributed by atoms with E-state index in [2.05, 4.69) is 10.2 Å². The molecule has 118 valence electrons. The van der Waals surface area contributed by atoms with Crippen LogP contribution in [0.3, 0.4) is 0 Å². The first-order valence-electron chi connectivity index (χ1n) is 7.14. The van der Waals surface area contributed by atoms with Crippen molar-refractivity contribution >= 4 is 11.8 Å². The van der Waals surface area contributed by atoms with Gasteiger partial charge in [0.2, 0.25) is 0 Å². The molecular weight excluding hydrogens is 313 g/mol. The summed E-state index contributed by atoms with van der Waals surface area (Å²) in [7, 11) is 1.90. The van der Waals surface area contributed by atoms with Crippen molar-refractivity contribution in [2.75, 3.05) is 0 Å². The van der Waals surface area contributed by atoms with Gasteiger partial charge in [-0.05, 0) is 35.4 Å². The molecule has 4 nitrogen and oxygen atoms in total. The van der Waals surface area contributed by atoms with Crippen molar-refractivity contribution in [2.24, 2.45) is 7.05 Å². The Bertz CT molecular complexity index is 785. The SMILES string of the molecule is Cn1c(SCc2ccc(CO)cc2)nnc1-c1ccc(F)cc1. The quantitative estimate of drug-likeness (QED) is 0.729. The maximum Gasteiger partial charge on any atom is 0.191 e. The Balaban J connectivity index is 1.72. The van der Waals surface area contributed by atoms with Crippen LogP contribution < -0.4 is 0 Å². The highest BCUT2D eigenvalue weighted by molar-refractivity contribution is 7.98. The monoisotopic (exact) mass is 329 g/mol. The maximum absolute atomic E-state index is 13.0. The van der Waals surface area contributed by atoms with E-state index in [0.717, 1.165) is 27.6 Å². The molecule has 6 heteroatoms. The summed E-state index contributed by atoms with van der Waals surface area (Å²) >= 11 is 1.59. The Morgan fingerprint density at radius 2 is 1.65 bits per heavy atom. The summed E-state index contributed by atoms with van der Waals surface area (Å²) in [6.45, 7) is 0.0533. The molecule has 1 heterocycles. The molecule has 0 bridgehead atoms. The van der Waals surface area contributed by atoms with Gasteiger partial charge in [-0.15, -0.1) is 10.2 Å². The standard InChI is InChI=1S/C17H16FN3OS/c1-21-16(14-6-8-15(18)9-7-14)19-20-17(21)23-11-13-4-2-12(10-22)3-5-13/h2-9,22H,10-11H2,1H3. The average molecular weight is 329 g/mol. The molecule has 0 atom stereocenters. The number of halogens is 1. The highest BCUT2D eigenvalue weighted by Gasteiger charge is 2.11. The molecule has 3 rings (SSSR count). The highest BCUT2D eigenvalue weighted by atomic mass is 32.2. The number of nitrogens with zero attached hydrogens (tertiary/aromatic N) is 3. The van der Waals surface area contributed by atoms with Crippen molar-refractivity contribution in [1.29, 1.82) is 0 Å². The van der Waals surface area contributed by atoms with Gasteiger partial charge in [-0.3, -0.25) is 0 Å². The van der Waals surface area contributed by atoms with E-state index in [1.54, 1.807) is 23.9 Å². The zero-order chi connectivity index (χ0) is 16.2. The first-order valence-corrected chi connectivity index (χ1v) is 8.13. The van der Waals surface area contributed by atoms with E-state index < -0.39 is 0 Å². The predicted molar refractivity (Wildman–Crippen MR) is 88.3 cm³/mol. The van der Waals surface area contributed by atoms with Crippen LogP contribution in [-0.2, 0) is 19.4 Å². The highest BCUT2D eigenvalue weighted by Crippen LogP contribution is 2.25. The van der Waals surface area contributed by atoms with Gasteiger partial charge in [0.15, 0.2) is 11.0 Å². The third-order valence-corrected chi connectivity index (χ3v) is 4.60. The van der Waals surface area contributed by atoms with Crippen LogP contribution in [-0.4, -0.2) is 19.9 Å². The summed E-state index contributed by atoms with van der Waals surface area (Å²) < 4.78 is 14.9. The summed E-state index contributed by atoms with van der Waals surface area (Å²) in [6, 6.07) is 14.0. The fourth-order valence-electron chi connectivity index (χ4n) is 2.18. The van der Waals surface area contributed by atoms with E-state index >= 15 is 0 Å². The lowest BCUT2D eigenvalue weighted by Gasteiger charge is -2.05. The molecule has 0 unspecified atom stereocenters. The Morgan fingerprint density at radius 3 is 2.30 bits per heavy atom. The average Bonchev–Trinajstić information content (AvgIpc) is 2.95. The summed E-state index contributed by atoms with van der Waals surface area (Å²) in [6.07, 6.45) is 0. The molecule has 0 aliphatic carbocycles. The van der Waals surface area contributed by atoms with Gasteiger partial charge in [0.1, 0.15) is 5.82 Å². The number of hydrogen-bond acceptors (Lipinski definition) is 4. The Morgan fingerprint density at radius 1 is 1.00 bits per heavy atom. The topological polar surface area (TPSA) is 50.9 Å². The number of rotatable bonds is 5. The van der Waals surface area contributed by atoms with Gasteiger partial charge >= 0.3 is 0 Å². The number of aliphatic hydroxyl groups is 1. The number of aromatic nitrogens is 3. The lowest BCUT2D eigenvalue weighted by atomic mass is 10.2. The first kappa shape index (κ1) is 15.7. The Hall–Kier alpha value is -2.18. The summed E-state index contributed by atoms with van der Waals surface area (Å²) in [5.41, 5.74) is 2.88. The van der Waals surface area contributed by atoms with Crippen LogP contribution in [0, 0.1) is 5.82 Å². The second kappa shape index (κ2) is 6.93. The van der Waals surface area contributed by atoms with Gasteiger partial charge in [0, 0.05) is 18.4 Å². The van der Waals surface area contributed by atoms with Gasteiger partial charge in [0.05, 0.1) is 6.61 Å². The number of hydrogen-bond donors (Lipinski definition) is 1. The largest absolute Gasteiger partial charge is 0.392 e. The van der Waals surface area contributed by atoms with E-state index in [4.69, 9.17) is 5.11 Å². The summed E-state index contributed by atoms with van der Waals surface area (Å²) in [5, 5.41) is 18.2. The molecule has 0 saturated carbocycles. The summed E-state index contributed by atoms with van der Waals surface area (Å²) in [5.74, 6) is 1.21. The molecule has 0 aliphatic heterocycles. The van der Waals surface area contributed by atoms with Crippen molar-refractivity contribution in [3.8, 4) is 11.4 Å². The molecule has 1 aromatic heterocycles. The van der Waals surface area contributed by atoms with Crippen molar-refractivity contribution in [3.05, 3.63) is 65.5 Å². The second-order valence-corrected chi connectivity index (χ2v) is 6.08. The van der Waals surface area contributed by atoms with Crippen molar-refractivity contribution in [2.45, 2.75) is 17.5 Å². The van der Waals surface area contributed by atoms with E-state index in [-0.39, 0.29) is 12.4 Å². The van der Waals surface area contributed by atoms with Crippen LogP contribution in [0.2, 0.25) is 0 Å². The number of benzene rings is 2. The smallest absolute Gasteiger partial charge is 0.191 e. The van der Waals surface area contributed by atoms with Gasteiger partial charge in [-0.25, -0.2) is 4.39 Å². The third-order valence-electron chi connectivity index (χ3n) is 3.51. The Labute approximate surface area is 138 Å². The fraction of sp³-hybridized carbons (Fsp3) is 0.176. The third kappa shape index (κ3) is 3.60. The first-order chi connectivity index (χ1) is 11.2. The molecule has 0 fully saturated rings. The van der Waals surface area contributed by atoms with Crippen LogP contribution >= 0.6 is 11.8 Å². The van der Waals surface area contributed by atoms with Crippen molar-refractivity contribution in [1.82, 2.24) is 14.8 Å². The van der Waals surface area contributed by atoms with Crippen LogP contribution in [0.1, 0.15) is 11.1 Å². The molecule has 0 spiro atoms. The second-order valence-electron chi connectivity index (χ2n) is 5.14. The minimum Gasteiger partial charge on any atom is -0.392 e. The molecule has 3 aromatic rings. The fourth-order valence-corrected chi connectivity index (χ4v) is 3.05. The van der Waals surface area contributed by atoms with E-state index in [1.165, 1.54) is 12.1 Å². The maximum atomic E-state index is 13.0. The predicted octanol–water partition coefficient (Wildman–Crippen LogP) is 3.41. The number of aliphatic hydroxyl groups excluding tert-OH is 1. The van der Waals surface area contributed by atoms with Gasteiger partial charge in [0.25, 0.3) is 0 Å². The molecule has 0 radical (unpaired) electrons. The van der Waals surface area contributed by atoms with Crippen LogP contribution in [0.15, 0.2) is 53.7 Å². The molecule has 0 saturated heterocycles. The van der Waals surface area contributed by atoms with E-state index in [9.17, 15) is 4.39 Å². The van der Waals surface area contributed by atoms with Crippen LogP contribution in [0.4, 0.5) is 4.39 Å². The molecule has 2 aromatic carbocycles. The van der Waals surface area contributed by atoms with Crippen molar-refractivity contribution < 1.29 is 9.50 Å². The molecular formula is C17H16FN3OS.